The summed E-state index contributed by atoms with van der Waals surface area (Å²) in [7, 11) is 0. The predicted octanol–water partition coefficient (Wildman–Crippen LogP) is 3.30. The Balaban J connectivity index is 1.10. The molecule has 10 heteroatoms. The summed E-state index contributed by atoms with van der Waals surface area (Å²) < 4.78 is 40.2. The molecule has 7 nitrogen and oxygen atoms in total. The van der Waals surface area contributed by atoms with E-state index >= 15 is 0 Å². The molecule has 172 valence electrons. The van der Waals surface area contributed by atoms with Crippen LogP contribution in [0.3, 0.4) is 0 Å². The summed E-state index contributed by atoms with van der Waals surface area (Å²) in [5.74, 6) is 2.48. The number of hydrogen-bond donors (Lipinski definition) is 1. The van der Waals surface area contributed by atoms with Gasteiger partial charge in [0.15, 0.2) is 5.65 Å². The minimum atomic E-state index is -4.62. The number of alkyl halides is 3. The molecule has 7 rings (SSSR count). The molecule has 5 fully saturated rings. The molecule has 4 aliphatic carbocycles. The van der Waals surface area contributed by atoms with E-state index < -0.39 is 12.0 Å². The average Bonchev–Trinajstić information content (AvgIpc) is 3.19. The number of piperidine rings is 1. The molecule has 1 N–H and O–H groups in total. The molecule has 2 aromatic heterocycles. The van der Waals surface area contributed by atoms with Crippen LogP contribution in [0.15, 0.2) is 12.1 Å². The second kappa shape index (κ2) is 7.31. The van der Waals surface area contributed by atoms with Crippen molar-refractivity contribution >= 4 is 17.4 Å². The van der Waals surface area contributed by atoms with Crippen LogP contribution in [0.5, 0.6) is 0 Å². The van der Waals surface area contributed by atoms with E-state index in [0.29, 0.717) is 49.6 Å². The zero-order valence-corrected chi connectivity index (χ0v) is 17.8. The highest BCUT2D eigenvalue weighted by atomic mass is 19.4. The predicted molar refractivity (Wildman–Crippen MR) is 110 cm³/mol. The molecular formula is C22H27F3N6O. The number of nitrogens with zero attached hydrogens (tertiary/aromatic N) is 5. The molecule has 1 saturated heterocycles. The zero-order chi connectivity index (χ0) is 22.0. The molecule has 0 atom stereocenters. The number of fused-ring (bicyclic) bond motifs is 1. The molecular weight excluding hydrogens is 421 g/mol. The van der Waals surface area contributed by atoms with Gasteiger partial charge in [-0.3, -0.25) is 4.79 Å². The van der Waals surface area contributed by atoms with Crippen molar-refractivity contribution in [3.63, 3.8) is 0 Å². The van der Waals surface area contributed by atoms with E-state index in [4.69, 9.17) is 0 Å². The fraction of sp³-hybridized carbons (Fsp3) is 0.727. The summed E-state index contributed by atoms with van der Waals surface area (Å²) in [5.41, 5.74) is 0.0611. The number of carbonyl (C=O) groups excluding carboxylic acids is 1. The Morgan fingerprint density at radius 3 is 2.25 bits per heavy atom. The van der Waals surface area contributed by atoms with E-state index in [1.54, 1.807) is 6.07 Å². The van der Waals surface area contributed by atoms with Gasteiger partial charge in [0.1, 0.15) is 5.82 Å². The van der Waals surface area contributed by atoms with E-state index in [2.05, 4.69) is 20.6 Å². The molecule has 4 saturated carbocycles. The number of amides is 1. The van der Waals surface area contributed by atoms with Gasteiger partial charge in [0.25, 0.3) is 5.82 Å². The van der Waals surface area contributed by atoms with E-state index in [9.17, 15) is 18.0 Å². The van der Waals surface area contributed by atoms with E-state index in [1.807, 2.05) is 4.90 Å². The molecule has 2 aromatic rings. The zero-order valence-electron chi connectivity index (χ0n) is 17.8. The average molecular weight is 448 g/mol. The number of aromatic nitrogens is 4. The van der Waals surface area contributed by atoms with Crippen LogP contribution < -0.4 is 10.2 Å². The van der Waals surface area contributed by atoms with Gasteiger partial charge in [0.05, 0.1) is 0 Å². The Bertz CT molecular complexity index is 1000. The Hall–Kier alpha value is -2.39. The molecule has 4 bridgehead atoms. The van der Waals surface area contributed by atoms with Gasteiger partial charge < -0.3 is 10.2 Å². The standard InChI is InChI=1S/C22H27F3N6O/c23-22(24,25)21-28-27-17-1-2-18(29-31(17)21)30-5-3-14(4-6-30)20(32)26-19-15-8-12-7-13(10-15)11-16(19)9-12/h1-2,12-16,19H,3-11H2,(H,26,32). The van der Waals surface area contributed by atoms with Crippen molar-refractivity contribution < 1.29 is 18.0 Å². The molecule has 0 spiro atoms. The first-order chi connectivity index (χ1) is 15.3. The Labute approximate surface area is 183 Å². The van der Waals surface area contributed by atoms with Gasteiger partial charge in [0.2, 0.25) is 5.91 Å². The van der Waals surface area contributed by atoms with Crippen molar-refractivity contribution in [2.45, 2.75) is 57.2 Å². The number of halogens is 3. The summed E-state index contributed by atoms with van der Waals surface area (Å²) in [5, 5.41) is 14.3. The summed E-state index contributed by atoms with van der Waals surface area (Å²) in [6.07, 6.45) is 3.21. The third-order valence-electron chi connectivity index (χ3n) is 8.23. The molecule has 3 heterocycles. The highest BCUT2D eigenvalue weighted by Gasteiger charge is 2.49. The van der Waals surface area contributed by atoms with Crippen molar-refractivity contribution in [1.82, 2.24) is 25.1 Å². The first kappa shape index (κ1) is 20.2. The molecule has 0 unspecified atom stereocenters. The lowest BCUT2D eigenvalue weighted by molar-refractivity contribution is -0.146. The van der Waals surface area contributed by atoms with E-state index in [-0.39, 0.29) is 17.5 Å². The second-order valence-electron chi connectivity index (χ2n) is 10.2. The quantitative estimate of drug-likeness (QED) is 0.780. The van der Waals surface area contributed by atoms with Gasteiger partial charge in [-0.2, -0.15) is 17.7 Å². The van der Waals surface area contributed by atoms with Crippen molar-refractivity contribution in [1.29, 1.82) is 0 Å². The lowest BCUT2D eigenvalue weighted by Crippen LogP contribution is -2.57. The van der Waals surface area contributed by atoms with Gasteiger partial charge in [-0.25, -0.2) is 0 Å². The van der Waals surface area contributed by atoms with Gasteiger partial charge in [-0.05, 0) is 80.8 Å². The van der Waals surface area contributed by atoms with Crippen LogP contribution in [0.1, 0.15) is 50.8 Å². The summed E-state index contributed by atoms with van der Waals surface area (Å²) >= 11 is 0. The maximum Gasteiger partial charge on any atom is 0.453 e. The fourth-order valence-electron chi connectivity index (χ4n) is 6.94. The van der Waals surface area contributed by atoms with Crippen LogP contribution in [-0.2, 0) is 11.0 Å². The van der Waals surface area contributed by atoms with Gasteiger partial charge >= 0.3 is 6.18 Å². The molecule has 1 amide bonds. The Morgan fingerprint density at radius 2 is 1.62 bits per heavy atom. The van der Waals surface area contributed by atoms with Gasteiger partial charge in [0, 0.05) is 25.0 Å². The van der Waals surface area contributed by atoms with Crippen LogP contribution in [0.4, 0.5) is 19.0 Å². The number of anilines is 1. The third-order valence-corrected chi connectivity index (χ3v) is 8.23. The number of carbonyl (C=O) groups is 1. The lowest BCUT2D eigenvalue weighted by Gasteiger charge is -2.54. The number of nitrogens with one attached hydrogen (secondary N) is 1. The molecule has 5 aliphatic rings. The van der Waals surface area contributed by atoms with Crippen molar-refractivity contribution in [2.75, 3.05) is 18.0 Å². The number of rotatable bonds is 3. The first-order valence-electron chi connectivity index (χ1n) is 11.7. The SMILES string of the molecule is O=C(NC1C2CC3CC(C2)CC1C3)C1CCN(c2ccc3nnc(C(F)(F)F)n3n2)CC1. The summed E-state index contributed by atoms with van der Waals surface area (Å²) in [6.45, 7) is 1.17. The van der Waals surface area contributed by atoms with Crippen LogP contribution in [0, 0.1) is 29.6 Å². The van der Waals surface area contributed by atoms with Gasteiger partial charge in [-0.15, -0.1) is 15.3 Å². The van der Waals surface area contributed by atoms with Crippen LogP contribution in [0.25, 0.3) is 5.65 Å². The molecule has 1 aliphatic heterocycles. The summed E-state index contributed by atoms with van der Waals surface area (Å²) in [6, 6.07) is 3.50. The number of hydrogen-bond acceptors (Lipinski definition) is 5. The third kappa shape index (κ3) is 3.42. The topological polar surface area (TPSA) is 75.4 Å². The van der Waals surface area contributed by atoms with E-state index in [0.717, 1.165) is 16.4 Å². The van der Waals surface area contributed by atoms with Crippen LogP contribution >= 0.6 is 0 Å². The monoisotopic (exact) mass is 448 g/mol. The first-order valence-corrected chi connectivity index (χ1v) is 11.7. The highest BCUT2D eigenvalue weighted by molar-refractivity contribution is 5.79. The minimum absolute atomic E-state index is 0.0483. The van der Waals surface area contributed by atoms with Crippen molar-refractivity contribution in [2.24, 2.45) is 29.6 Å². The van der Waals surface area contributed by atoms with Crippen molar-refractivity contribution in [3.05, 3.63) is 18.0 Å². The smallest absolute Gasteiger partial charge is 0.355 e. The maximum absolute atomic E-state index is 13.1. The summed E-state index contributed by atoms with van der Waals surface area (Å²) in [4.78, 5) is 15.0. The van der Waals surface area contributed by atoms with Crippen LogP contribution in [-0.4, -0.2) is 44.8 Å². The van der Waals surface area contributed by atoms with Crippen molar-refractivity contribution in [3.8, 4) is 0 Å². The minimum Gasteiger partial charge on any atom is -0.355 e. The lowest BCUT2D eigenvalue weighted by atomic mass is 9.54. The Morgan fingerprint density at radius 1 is 0.969 bits per heavy atom. The van der Waals surface area contributed by atoms with E-state index in [1.165, 1.54) is 38.2 Å². The highest BCUT2D eigenvalue weighted by Crippen LogP contribution is 2.53. The fourth-order valence-corrected chi connectivity index (χ4v) is 6.94. The van der Waals surface area contributed by atoms with Gasteiger partial charge in [-0.1, -0.05) is 0 Å². The largest absolute Gasteiger partial charge is 0.453 e. The molecule has 32 heavy (non-hydrogen) atoms. The molecule has 0 aromatic carbocycles. The van der Waals surface area contributed by atoms with Crippen LogP contribution in [0.2, 0.25) is 0 Å². The Kier molecular flexibility index (Phi) is 4.62. The second-order valence-corrected chi connectivity index (χ2v) is 10.2. The molecule has 0 radical (unpaired) electrons. The normalized spacial score (nSPS) is 32.6. The maximum atomic E-state index is 13.1.